The Balaban J connectivity index is 1.11. The van der Waals surface area contributed by atoms with E-state index in [0.29, 0.717) is 22.3 Å². The van der Waals surface area contributed by atoms with Crippen LogP contribution in [0.25, 0.3) is 21.7 Å². The minimum atomic E-state index is -0.135. The van der Waals surface area contributed by atoms with Crippen LogP contribution in [0.15, 0.2) is 53.5 Å². The van der Waals surface area contributed by atoms with E-state index >= 15 is 0 Å². The summed E-state index contributed by atoms with van der Waals surface area (Å²) in [5.74, 6) is 0.345. The Morgan fingerprint density at radius 1 is 1.13 bits per heavy atom. The van der Waals surface area contributed by atoms with Crippen LogP contribution in [0.4, 0.5) is 0 Å². The molecule has 2 N–H and O–H groups in total. The van der Waals surface area contributed by atoms with E-state index in [1.54, 1.807) is 10.9 Å². The average Bonchev–Trinajstić information content (AvgIpc) is 3.10. The number of carbonyl (C=O) groups excluding carboxylic acids is 1. The first-order valence-electron chi connectivity index (χ1n) is 10.7. The maximum absolute atomic E-state index is 12.7. The molecule has 0 unspecified atom stereocenters. The number of H-pyrrole nitrogens is 1. The Labute approximate surface area is 178 Å². The molecule has 2 aliphatic rings. The molecule has 2 aliphatic carbocycles. The number of aromatic amines is 1. The highest BCUT2D eigenvalue weighted by Gasteiger charge is 2.54. The minimum absolute atomic E-state index is 0.0212. The van der Waals surface area contributed by atoms with Gasteiger partial charge >= 0.3 is 0 Å². The molecule has 31 heavy (non-hydrogen) atoms. The molecule has 0 bridgehead atoms. The zero-order valence-corrected chi connectivity index (χ0v) is 17.3. The molecule has 2 aromatic carbocycles. The van der Waals surface area contributed by atoms with E-state index in [9.17, 15) is 9.59 Å². The van der Waals surface area contributed by atoms with E-state index in [1.165, 1.54) is 0 Å². The molecule has 1 amide bonds. The molecular formula is C24H23N5O2. The summed E-state index contributed by atoms with van der Waals surface area (Å²) < 4.78 is 1.79. The highest BCUT2D eigenvalue weighted by atomic mass is 16.1. The molecule has 0 radical (unpaired) electrons. The molecule has 2 saturated carbocycles. The third-order valence-corrected chi connectivity index (χ3v) is 7.18. The summed E-state index contributed by atoms with van der Waals surface area (Å²) >= 11 is 0. The van der Waals surface area contributed by atoms with E-state index in [4.69, 9.17) is 0 Å². The fraction of sp³-hybridized carbons (Fsp3) is 0.333. The van der Waals surface area contributed by atoms with Crippen molar-refractivity contribution in [1.82, 2.24) is 25.3 Å². The SMILES string of the molecule is Cn1ncc2ccc(C(=O)N[C@H]3CC4(C3)C[C@H](c3n[nH]c(=O)c5ccccc53)C4)cc21. The van der Waals surface area contributed by atoms with Crippen LogP contribution < -0.4 is 10.9 Å². The number of fused-ring (bicyclic) bond motifs is 2. The lowest BCUT2D eigenvalue weighted by molar-refractivity contribution is -0.0196. The lowest BCUT2D eigenvalue weighted by Gasteiger charge is -2.57. The van der Waals surface area contributed by atoms with Crippen molar-refractivity contribution in [3.8, 4) is 0 Å². The van der Waals surface area contributed by atoms with Crippen LogP contribution in [0.5, 0.6) is 0 Å². The number of aromatic nitrogens is 4. The zero-order valence-electron chi connectivity index (χ0n) is 17.3. The normalized spacial score (nSPS) is 24.8. The summed E-state index contributed by atoms with van der Waals surface area (Å²) in [6.45, 7) is 0. The highest BCUT2D eigenvalue weighted by molar-refractivity contribution is 5.98. The van der Waals surface area contributed by atoms with Gasteiger partial charge in [-0.25, -0.2) is 5.10 Å². The number of nitrogens with one attached hydrogen (secondary N) is 2. The third kappa shape index (κ3) is 2.87. The summed E-state index contributed by atoms with van der Waals surface area (Å²) in [6.07, 6.45) is 5.93. The second kappa shape index (κ2) is 6.51. The van der Waals surface area contributed by atoms with Gasteiger partial charge in [0, 0.05) is 35.3 Å². The highest BCUT2D eigenvalue weighted by Crippen LogP contribution is 2.62. The molecular weight excluding hydrogens is 390 g/mol. The topological polar surface area (TPSA) is 92.7 Å². The van der Waals surface area contributed by atoms with Gasteiger partial charge in [-0.15, -0.1) is 0 Å². The Bertz CT molecular complexity index is 1390. The number of amides is 1. The van der Waals surface area contributed by atoms with Crippen LogP contribution in [0, 0.1) is 5.41 Å². The number of rotatable bonds is 3. The van der Waals surface area contributed by atoms with Crippen molar-refractivity contribution >= 4 is 27.6 Å². The van der Waals surface area contributed by atoms with E-state index in [2.05, 4.69) is 20.6 Å². The maximum Gasteiger partial charge on any atom is 0.272 e. The molecule has 7 heteroatoms. The van der Waals surface area contributed by atoms with Crippen LogP contribution in [0.2, 0.25) is 0 Å². The lowest BCUT2D eigenvalue weighted by atomic mass is 9.49. The van der Waals surface area contributed by atoms with Gasteiger partial charge in [0.05, 0.1) is 22.8 Å². The number of hydrogen-bond donors (Lipinski definition) is 2. The maximum atomic E-state index is 12.7. The zero-order chi connectivity index (χ0) is 21.2. The fourth-order valence-electron chi connectivity index (χ4n) is 5.60. The van der Waals surface area contributed by atoms with Gasteiger partial charge in [-0.3, -0.25) is 14.3 Å². The van der Waals surface area contributed by atoms with Gasteiger partial charge in [0.1, 0.15) is 0 Å². The van der Waals surface area contributed by atoms with Gasteiger partial charge in [0.2, 0.25) is 0 Å². The number of carbonyl (C=O) groups is 1. The van der Waals surface area contributed by atoms with Gasteiger partial charge in [-0.2, -0.15) is 10.2 Å². The molecule has 0 aliphatic heterocycles. The van der Waals surface area contributed by atoms with E-state index in [1.807, 2.05) is 49.5 Å². The predicted octanol–water partition coefficient (Wildman–Crippen LogP) is 3.27. The Kier molecular flexibility index (Phi) is 3.84. The Hall–Kier alpha value is -3.48. The van der Waals surface area contributed by atoms with Crippen LogP contribution in [-0.4, -0.2) is 31.9 Å². The quantitative estimate of drug-likeness (QED) is 0.539. The monoisotopic (exact) mass is 413 g/mol. The first-order chi connectivity index (χ1) is 15.0. The molecule has 2 heterocycles. The minimum Gasteiger partial charge on any atom is -0.349 e. The van der Waals surface area contributed by atoms with Gasteiger partial charge in [-0.05, 0) is 49.3 Å². The second-order valence-corrected chi connectivity index (χ2v) is 9.21. The molecule has 7 nitrogen and oxygen atoms in total. The number of hydrogen-bond acceptors (Lipinski definition) is 4. The summed E-state index contributed by atoms with van der Waals surface area (Å²) in [7, 11) is 1.88. The smallest absolute Gasteiger partial charge is 0.272 e. The van der Waals surface area contributed by atoms with Crippen molar-refractivity contribution in [3.63, 3.8) is 0 Å². The van der Waals surface area contributed by atoms with Gasteiger partial charge in [0.15, 0.2) is 0 Å². The van der Waals surface area contributed by atoms with Crippen LogP contribution in [-0.2, 0) is 7.05 Å². The predicted molar refractivity (Wildman–Crippen MR) is 118 cm³/mol. The van der Waals surface area contributed by atoms with Crippen molar-refractivity contribution < 1.29 is 4.79 Å². The summed E-state index contributed by atoms with van der Waals surface area (Å²) in [4.78, 5) is 24.8. The van der Waals surface area contributed by atoms with Crippen molar-refractivity contribution in [2.45, 2.75) is 37.6 Å². The summed E-state index contributed by atoms with van der Waals surface area (Å²) in [5.41, 5.74) is 2.79. The second-order valence-electron chi connectivity index (χ2n) is 9.21. The largest absolute Gasteiger partial charge is 0.349 e. The third-order valence-electron chi connectivity index (χ3n) is 7.18. The Morgan fingerprint density at radius 3 is 2.71 bits per heavy atom. The molecule has 2 aromatic heterocycles. The van der Waals surface area contributed by atoms with Crippen molar-refractivity contribution in [3.05, 3.63) is 70.3 Å². The summed E-state index contributed by atoms with van der Waals surface area (Å²) in [5, 5.41) is 17.2. The summed E-state index contributed by atoms with van der Waals surface area (Å²) in [6, 6.07) is 13.6. The van der Waals surface area contributed by atoms with Crippen LogP contribution >= 0.6 is 0 Å². The first kappa shape index (κ1) is 18.3. The molecule has 156 valence electrons. The van der Waals surface area contributed by atoms with Gasteiger partial charge in [0.25, 0.3) is 11.5 Å². The fourth-order valence-corrected chi connectivity index (χ4v) is 5.60. The van der Waals surface area contributed by atoms with Crippen molar-refractivity contribution in [2.24, 2.45) is 12.5 Å². The Morgan fingerprint density at radius 2 is 1.90 bits per heavy atom. The van der Waals surface area contributed by atoms with Crippen LogP contribution in [0.1, 0.15) is 47.7 Å². The van der Waals surface area contributed by atoms with E-state index in [0.717, 1.165) is 47.7 Å². The number of nitrogens with zero attached hydrogens (tertiary/aromatic N) is 3. The van der Waals surface area contributed by atoms with Crippen LogP contribution in [0.3, 0.4) is 0 Å². The molecule has 2 fully saturated rings. The average molecular weight is 413 g/mol. The molecule has 1 spiro atoms. The first-order valence-corrected chi connectivity index (χ1v) is 10.7. The number of aryl methyl sites for hydroxylation is 1. The molecule has 6 rings (SSSR count). The van der Waals surface area contributed by atoms with E-state index in [-0.39, 0.29) is 17.5 Å². The standard InChI is InChI=1S/C24H23N5O2/c1-29-20-8-14(6-7-15(20)13-25-29)22(30)26-17-11-24(12-17)9-16(10-24)21-18-4-2-3-5-19(18)23(31)28-27-21/h2-8,13,16-17H,9-12H2,1H3,(H,26,30)(H,28,31)/t16-,17-,24?. The molecule has 0 saturated heterocycles. The lowest BCUT2D eigenvalue weighted by Crippen LogP contribution is -2.55. The van der Waals surface area contributed by atoms with Gasteiger partial charge in [-0.1, -0.05) is 24.3 Å². The number of benzene rings is 2. The van der Waals surface area contributed by atoms with Gasteiger partial charge < -0.3 is 5.32 Å². The van der Waals surface area contributed by atoms with Crippen molar-refractivity contribution in [2.75, 3.05) is 0 Å². The molecule has 4 aromatic rings. The van der Waals surface area contributed by atoms with Crippen molar-refractivity contribution in [1.29, 1.82) is 0 Å². The molecule has 0 atom stereocenters. The van der Waals surface area contributed by atoms with E-state index < -0.39 is 0 Å².